The van der Waals surface area contributed by atoms with Crippen molar-refractivity contribution in [2.24, 2.45) is 5.92 Å². The van der Waals surface area contributed by atoms with Gasteiger partial charge in [0.15, 0.2) is 11.6 Å². The van der Waals surface area contributed by atoms with Crippen LogP contribution in [0.1, 0.15) is 31.9 Å². The molecular weight excluding hydrogens is 224 g/mol. The van der Waals surface area contributed by atoms with Crippen LogP contribution < -0.4 is 5.32 Å². The molecule has 0 amide bonds. The fourth-order valence-corrected chi connectivity index (χ4v) is 1.78. The van der Waals surface area contributed by atoms with Crippen molar-refractivity contribution in [1.82, 2.24) is 5.32 Å². The minimum absolute atomic E-state index is 0.0309. The van der Waals surface area contributed by atoms with Crippen molar-refractivity contribution in [3.63, 3.8) is 0 Å². The molecule has 1 aromatic carbocycles. The van der Waals surface area contributed by atoms with Crippen molar-refractivity contribution < 1.29 is 13.9 Å². The summed E-state index contributed by atoms with van der Waals surface area (Å²) in [7, 11) is 0. The van der Waals surface area contributed by atoms with Crippen LogP contribution in [-0.2, 0) is 0 Å². The molecule has 1 aromatic rings. The third-order valence-electron chi connectivity index (χ3n) is 2.67. The summed E-state index contributed by atoms with van der Waals surface area (Å²) in [6.45, 7) is 4.80. The fourth-order valence-electron chi connectivity index (χ4n) is 1.78. The van der Waals surface area contributed by atoms with E-state index in [-0.39, 0.29) is 18.6 Å². The first-order valence-electron chi connectivity index (χ1n) is 5.85. The highest BCUT2D eigenvalue weighted by atomic mass is 19.2. The maximum Gasteiger partial charge on any atom is 0.159 e. The lowest BCUT2D eigenvalue weighted by molar-refractivity contribution is 0.278. The van der Waals surface area contributed by atoms with E-state index in [0.29, 0.717) is 13.0 Å². The van der Waals surface area contributed by atoms with E-state index in [1.807, 2.05) is 13.8 Å². The second-order valence-electron chi connectivity index (χ2n) is 4.43. The maximum absolute atomic E-state index is 13.1. The molecule has 0 saturated heterocycles. The Morgan fingerprint density at radius 1 is 1.24 bits per heavy atom. The molecule has 1 unspecified atom stereocenters. The molecule has 0 aliphatic carbocycles. The van der Waals surface area contributed by atoms with Gasteiger partial charge in [0.05, 0.1) is 0 Å². The number of halogens is 2. The van der Waals surface area contributed by atoms with E-state index in [9.17, 15) is 8.78 Å². The summed E-state index contributed by atoms with van der Waals surface area (Å²) in [6, 6.07) is 3.94. The Balaban J connectivity index is 2.78. The molecule has 0 fully saturated rings. The van der Waals surface area contributed by atoms with Gasteiger partial charge in [-0.3, -0.25) is 0 Å². The number of hydrogen-bond acceptors (Lipinski definition) is 2. The van der Waals surface area contributed by atoms with E-state index in [1.54, 1.807) is 6.07 Å². The van der Waals surface area contributed by atoms with Crippen molar-refractivity contribution in [2.75, 3.05) is 13.2 Å². The highest BCUT2D eigenvalue weighted by molar-refractivity contribution is 5.21. The SMILES string of the molecule is CC(C)C(NCCCO)c1ccc(F)c(F)c1. The van der Waals surface area contributed by atoms with Crippen LogP contribution in [-0.4, -0.2) is 18.3 Å². The molecule has 0 bridgehead atoms. The van der Waals surface area contributed by atoms with Gasteiger partial charge in [0.1, 0.15) is 0 Å². The van der Waals surface area contributed by atoms with Gasteiger partial charge in [-0.2, -0.15) is 0 Å². The van der Waals surface area contributed by atoms with E-state index in [4.69, 9.17) is 5.11 Å². The molecule has 2 N–H and O–H groups in total. The fraction of sp³-hybridized carbons (Fsp3) is 0.538. The van der Waals surface area contributed by atoms with Gasteiger partial charge >= 0.3 is 0 Å². The third kappa shape index (κ3) is 4.06. The topological polar surface area (TPSA) is 32.3 Å². The van der Waals surface area contributed by atoms with Crippen LogP contribution in [0.5, 0.6) is 0 Å². The van der Waals surface area contributed by atoms with E-state index < -0.39 is 11.6 Å². The molecule has 0 heterocycles. The Labute approximate surface area is 101 Å². The van der Waals surface area contributed by atoms with Gasteiger partial charge in [-0.05, 0) is 36.6 Å². The Kier molecular flexibility index (Phi) is 5.51. The lowest BCUT2D eigenvalue weighted by Gasteiger charge is -2.23. The van der Waals surface area contributed by atoms with E-state index in [2.05, 4.69) is 5.32 Å². The number of aliphatic hydroxyl groups excluding tert-OH is 1. The van der Waals surface area contributed by atoms with Crippen molar-refractivity contribution in [2.45, 2.75) is 26.3 Å². The molecule has 0 aliphatic rings. The minimum Gasteiger partial charge on any atom is -0.396 e. The standard InChI is InChI=1S/C13H19F2NO/c1-9(2)13(16-6-3-7-17)10-4-5-11(14)12(15)8-10/h4-5,8-9,13,16-17H,3,6-7H2,1-2H3. The second-order valence-corrected chi connectivity index (χ2v) is 4.43. The summed E-state index contributed by atoms with van der Waals surface area (Å²) >= 11 is 0. The predicted octanol–water partition coefficient (Wildman–Crippen LogP) is 2.63. The zero-order valence-corrected chi connectivity index (χ0v) is 10.2. The van der Waals surface area contributed by atoms with E-state index in [1.165, 1.54) is 6.07 Å². The normalized spacial score (nSPS) is 13.1. The summed E-state index contributed by atoms with van der Waals surface area (Å²) in [5, 5.41) is 12.0. The maximum atomic E-state index is 13.1. The minimum atomic E-state index is -0.827. The summed E-state index contributed by atoms with van der Waals surface area (Å²) in [5.41, 5.74) is 0.733. The average Bonchev–Trinajstić information content (AvgIpc) is 2.28. The van der Waals surface area contributed by atoms with Gasteiger partial charge in [0, 0.05) is 12.6 Å². The van der Waals surface area contributed by atoms with Gasteiger partial charge in [0.2, 0.25) is 0 Å². The van der Waals surface area contributed by atoms with E-state index in [0.717, 1.165) is 11.6 Å². The van der Waals surface area contributed by atoms with Crippen LogP contribution in [0.4, 0.5) is 8.78 Å². The second kappa shape index (κ2) is 6.67. The molecule has 1 atom stereocenters. The lowest BCUT2D eigenvalue weighted by Crippen LogP contribution is -2.27. The molecule has 0 aliphatic heterocycles. The Bertz CT molecular complexity index is 355. The number of aliphatic hydroxyl groups is 1. The molecule has 17 heavy (non-hydrogen) atoms. The summed E-state index contributed by atoms with van der Waals surface area (Å²) in [5.74, 6) is -1.39. The Morgan fingerprint density at radius 3 is 2.47 bits per heavy atom. The summed E-state index contributed by atoms with van der Waals surface area (Å²) in [6.07, 6.45) is 0.646. The van der Waals surface area contributed by atoms with Gasteiger partial charge in [0.25, 0.3) is 0 Å². The number of benzene rings is 1. The van der Waals surface area contributed by atoms with Gasteiger partial charge < -0.3 is 10.4 Å². The average molecular weight is 243 g/mol. The van der Waals surface area contributed by atoms with Crippen molar-refractivity contribution in [3.8, 4) is 0 Å². The highest BCUT2D eigenvalue weighted by Gasteiger charge is 2.16. The van der Waals surface area contributed by atoms with Crippen LogP contribution in [0.3, 0.4) is 0 Å². The molecule has 1 rings (SSSR count). The first-order valence-corrected chi connectivity index (χ1v) is 5.85. The van der Waals surface area contributed by atoms with Crippen LogP contribution in [0.2, 0.25) is 0 Å². The molecular formula is C13H19F2NO. The number of rotatable bonds is 6. The Hall–Kier alpha value is -1.00. The van der Waals surface area contributed by atoms with E-state index >= 15 is 0 Å². The molecule has 96 valence electrons. The van der Waals surface area contributed by atoms with Crippen LogP contribution in [0, 0.1) is 17.6 Å². The summed E-state index contributed by atoms with van der Waals surface area (Å²) in [4.78, 5) is 0. The van der Waals surface area contributed by atoms with Crippen molar-refractivity contribution in [3.05, 3.63) is 35.4 Å². The molecule has 4 heteroatoms. The smallest absolute Gasteiger partial charge is 0.159 e. The monoisotopic (exact) mass is 243 g/mol. The zero-order valence-electron chi connectivity index (χ0n) is 10.2. The van der Waals surface area contributed by atoms with Crippen LogP contribution in [0.25, 0.3) is 0 Å². The molecule has 0 radical (unpaired) electrons. The number of nitrogens with one attached hydrogen (secondary N) is 1. The molecule has 0 saturated carbocycles. The van der Waals surface area contributed by atoms with Gasteiger partial charge in [-0.1, -0.05) is 19.9 Å². The van der Waals surface area contributed by atoms with Crippen LogP contribution >= 0.6 is 0 Å². The molecule has 0 aromatic heterocycles. The largest absolute Gasteiger partial charge is 0.396 e. The molecule has 0 spiro atoms. The van der Waals surface area contributed by atoms with Gasteiger partial charge in [-0.15, -0.1) is 0 Å². The predicted molar refractivity (Wildman–Crippen MR) is 63.6 cm³/mol. The lowest BCUT2D eigenvalue weighted by atomic mass is 9.96. The number of hydrogen-bond donors (Lipinski definition) is 2. The third-order valence-corrected chi connectivity index (χ3v) is 2.67. The quantitative estimate of drug-likeness (QED) is 0.753. The Morgan fingerprint density at radius 2 is 1.94 bits per heavy atom. The zero-order chi connectivity index (χ0) is 12.8. The molecule has 2 nitrogen and oxygen atoms in total. The van der Waals surface area contributed by atoms with Gasteiger partial charge in [-0.25, -0.2) is 8.78 Å². The first-order chi connectivity index (χ1) is 8.06. The van der Waals surface area contributed by atoms with Crippen LogP contribution in [0.15, 0.2) is 18.2 Å². The van der Waals surface area contributed by atoms with Crippen molar-refractivity contribution in [1.29, 1.82) is 0 Å². The summed E-state index contributed by atoms with van der Waals surface area (Å²) < 4.78 is 26.0. The highest BCUT2D eigenvalue weighted by Crippen LogP contribution is 2.23. The van der Waals surface area contributed by atoms with Crippen molar-refractivity contribution >= 4 is 0 Å². The first kappa shape index (κ1) is 14.1.